The summed E-state index contributed by atoms with van der Waals surface area (Å²) in [4.78, 5) is 24.8. The van der Waals surface area contributed by atoms with E-state index in [1.807, 2.05) is 35.2 Å². The van der Waals surface area contributed by atoms with E-state index in [0.29, 0.717) is 12.0 Å². The summed E-state index contributed by atoms with van der Waals surface area (Å²) >= 11 is 0. The van der Waals surface area contributed by atoms with E-state index in [9.17, 15) is 9.90 Å². The lowest BCUT2D eigenvalue weighted by Gasteiger charge is -2.46. The Kier molecular flexibility index (Phi) is 6.43. The Labute approximate surface area is 173 Å². The number of aliphatic hydroxyl groups excluding tert-OH is 1. The minimum atomic E-state index is 0.106. The van der Waals surface area contributed by atoms with Crippen molar-refractivity contribution in [3.05, 3.63) is 42.1 Å². The van der Waals surface area contributed by atoms with Crippen LogP contribution >= 0.6 is 0 Å². The van der Waals surface area contributed by atoms with Crippen molar-refractivity contribution in [2.45, 2.75) is 25.3 Å². The smallest absolute Gasteiger partial charge is 0.254 e. The number of rotatable bonds is 5. The molecule has 0 spiro atoms. The van der Waals surface area contributed by atoms with Crippen molar-refractivity contribution < 1.29 is 9.90 Å². The van der Waals surface area contributed by atoms with E-state index in [0.717, 1.165) is 75.0 Å². The van der Waals surface area contributed by atoms with Gasteiger partial charge in [0.25, 0.3) is 5.91 Å². The minimum absolute atomic E-state index is 0.106. The van der Waals surface area contributed by atoms with Crippen LogP contribution in [0.15, 0.2) is 36.5 Å². The van der Waals surface area contributed by atoms with Crippen LogP contribution in [0.3, 0.4) is 0 Å². The monoisotopic (exact) mass is 396 g/mol. The van der Waals surface area contributed by atoms with Gasteiger partial charge in [-0.15, -0.1) is 0 Å². The second-order valence-corrected chi connectivity index (χ2v) is 8.45. The number of aliphatic hydroxyl groups is 1. The third kappa shape index (κ3) is 4.44. The number of amides is 1. The molecule has 29 heavy (non-hydrogen) atoms. The minimum Gasteiger partial charge on any atom is -0.396 e. The van der Waals surface area contributed by atoms with Gasteiger partial charge in [-0.25, -0.2) is 0 Å². The number of carbonyl (C=O) groups excluding carboxylic acids is 1. The zero-order chi connectivity index (χ0) is 20.2. The van der Waals surface area contributed by atoms with E-state index in [2.05, 4.69) is 21.8 Å². The molecule has 0 radical (unpaired) electrons. The molecule has 1 N–H and O–H groups in total. The molecular formula is C23H32N4O2. The third-order valence-corrected chi connectivity index (χ3v) is 6.60. The van der Waals surface area contributed by atoms with Gasteiger partial charge in [0.2, 0.25) is 0 Å². The molecule has 1 aromatic heterocycles. The van der Waals surface area contributed by atoms with Gasteiger partial charge in [0.1, 0.15) is 0 Å². The molecule has 0 unspecified atom stereocenters. The number of benzene rings is 1. The molecule has 2 atom stereocenters. The number of pyridine rings is 1. The Morgan fingerprint density at radius 1 is 1.14 bits per heavy atom. The van der Waals surface area contributed by atoms with Crippen molar-refractivity contribution in [1.82, 2.24) is 19.7 Å². The summed E-state index contributed by atoms with van der Waals surface area (Å²) in [5.74, 6) is 0.519. The van der Waals surface area contributed by atoms with Crippen LogP contribution in [0.4, 0.5) is 0 Å². The normalized spacial score (nSPS) is 24.1. The van der Waals surface area contributed by atoms with Crippen molar-refractivity contribution in [2.24, 2.45) is 5.92 Å². The summed E-state index contributed by atoms with van der Waals surface area (Å²) in [5, 5.41) is 10.3. The molecule has 2 aliphatic rings. The molecule has 3 heterocycles. The van der Waals surface area contributed by atoms with Gasteiger partial charge < -0.3 is 14.9 Å². The molecular weight excluding hydrogens is 364 g/mol. The standard InChI is InChI=1S/C23H32N4O2/c1-25-12-14-26(15-13-25)22-9-11-27(17-18(22)5-4-16-28)23(29)20-8-10-24-21-7-3-2-6-19(20)21/h2-3,6-8,10,18,22,28H,4-5,9,11-17H2,1H3/t18-,22+/m1/s1. The van der Waals surface area contributed by atoms with Crippen LogP contribution in [-0.2, 0) is 0 Å². The molecule has 0 bridgehead atoms. The third-order valence-electron chi connectivity index (χ3n) is 6.60. The first-order valence-electron chi connectivity index (χ1n) is 10.8. The van der Waals surface area contributed by atoms with Crippen LogP contribution in [0, 0.1) is 5.92 Å². The predicted molar refractivity (Wildman–Crippen MR) is 115 cm³/mol. The maximum Gasteiger partial charge on any atom is 0.254 e. The molecule has 6 nitrogen and oxygen atoms in total. The summed E-state index contributed by atoms with van der Waals surface area (Å²) in [7, 11) is 2.18. The van der Waals surface area contributed by atoms with Crippen LogP contribution in [0.5, 0.6) is 0 Å². The maximum absolute atomic E-state index is 13.4. The number of carbonyl (C=O) groups is 1. The van der Waals surface area contributed by atoms with Crippen LogP contribution < -0.4 is 0 Å². The van der Waals surface area contributed by atoms with Gasteiger partial charge in [-0.05, 0) is 44.4 Å². The van der Waals surface area contributed by atoms with Crippen molar-refractivity contribution in [2.75, 3.05) is 52.9 Å². The van der Waals surface area contributed by atoms with Gasteiger partial charge in [-0.3, -0.25) is 14.7 Å². The predicted octanol–water partition coefficient (Wildman–Crippen LogP) is 2.09. The van der Waals surface area contributed by atoms with Crippen molar-refractivity contribution in [3.8, 4) is 0 Å². The van der Waals surface area contributed by atoms with E-state index < -0.39 is 0 Å². The number of aromatic nitrogens is 1. The van der Waals surface area contributed by atoms with Gasteiger partial charge in [-0.2, -0.15) is 0 Å². The number of para-hydroxylation sites is 1. The molecule has 0 saturated carbocycles. The Hall–Kier alpha value is -2.02. The summed E-state index contributed by atoms with van der Waals surface area (Å²) < 4.78 is 0. The second-order valence-electron chi connectivity index (χ2n) is 8.45. The number of likely N-dealkylation sites (N-methyl/N-ethyl adjacent to an activating group) is 1. The molecule has 2 fully saturated rings. The lowest BCUT2D eigenvalue weighted by atomic mass is 9.86. The van der Waals surface area contributed by atoms with Crippen molar-refractivity contribution in [3.63, 3.8) is 0 Å². The summed E-state index contributed by atoms with van der Waals surface area (Å²) in [6, 6.07) is 10.2. The van der Waals surface area contributed by atoms with Crippen LogP contribution in [0.2, 0.25) is 0 Å². The first-order chi connectivity index (χ1) is 14.2. The Bertz CT molecular complexity index is 829. The SMILES string of the molecule is CN1CCN([C@H]2CCN(C(=O)c3ccnc4ccccc34)C[C@H]2CCCO)CC1. The van der Waals surface area contributed by atoms with Crippen molar-refractivity contribution >= 4 is 16.8 Å². The summed E-state index contributed by atoms with van der Waals surface area (Å²) in [6.45, 7) is 6.19. The highest BCUT2D eigenvalue weighted by molar-refractivity contribution is 6.06. The van der Waals surface area contributed by atoms with Gasteiger partial charge in [0, 0.05) is 63.5 Å². The molecule has 156 valence electrons. The number of piperidine rings is 1. The van der Waals surface area contributed by atoms with Gasteiger partial charge in [-0.1, -0.05) is 18.2 Å². The Balaban J connectivity index is 1.51. The highest BCUT2D eigenvalue weighted by Gasteiger charge is 2.36. The zero-order valence-corrected chi connectivity index (χ0v) is 17.3. The largest absolute Gasteiger partial charge is 0.396 e. The lowest BCUT2D eigenvalue weighted by molar-refractivity contribution is 0.0218. The lowest BCUT2D eigenvalue weighted by Crippen LogP contribution is -2.56. The fourth-order valence-electron chi connectivity index (χ4n) is 4.93. The first-order valence-corrected chi connectivity index (χ1v) is 10.8. The Morgan fingerprint density at radius 3 is 2.72 bits per heavy atom. The number of nitrogens with zero attached hydrogens (tertiary/aromatic N) is 4. The number of fused-ring (bicyclic) bond motifs is 1. The maximum atomic E-state index is 13.4. The van der Waals surface area contributed by atoms with Gasteiger partial charge in [0.15, 0.2) is 0 Å². The number of hydrogen-bond acceptors (Lipinski definition) is 5. The van der Waals surface area contributed by atoms with E-state index in [-0.39, 0.29) is 12.5 Å². The van der Waals surface area contributed by atoms with E-state index in [1.54, 1.807) is 6.20 Å². The Morgan fingerprint density at radius 2 is 1.93 bits per heavy atom. The van der Waals surface area contributed by atoms with Crippen LogP contribution in [0.25, 0.3) is 10.9 Å². The molecule has 2 aliphatic heterocycles. The van der Waals surface area contributed by atoms with E-state index in [1.165, 1.54) is 0 Å². The average molecular weight is 397 g/mol. The van der Waals surface area contributed by atoms with E-state index in [4.69, 9.17) is 0 Å². The quantitative estimate of drug-likeness (QED) is 0.839. The molecule has 2 saturated heterocycles. The van der Waals surface area contributed by atoms with Gasteiger partial charge >= 0.3 is 0 Å². The average Bonchev–Trinajstić information content (AvgIpc) is 2.77. The highest BCUT2D eigenvalue weighted by atomic mass is 16.3. The first kappa shape index (κ1) is 20.3. The van der Waals surface area contributed by atoms with Crippen molar-refractivity contribution in [1.29, 1.82) is 0 Å². The molecule has 0 aliphatic carbocycles. The molecule has 6 heteroatoms. The summed E-state index contributed by atoms with van der Waals surface area (Å²) in [5.41, 5.74) is 1.61. The molecule has 2 aromatic rings. The fourth-order valence-corrected chi connectivity index (χ4v) is 4.93. The van der Waals surface area contributed by atoms with E-state index >= 15 is 0 Å². The zero-order valence-electron chi connectivity index (χ0n) is 17.3. The fraction of sp³-hybridized carbons (Fsp3) is 0.565. The highest BCUT2D eigenvalue weighted by Crippen LogP contribution is 2.29. The van der Waals surface area contributed by atoms with Crippen LogP contribution in [-0.4, -0.2) is 89.7 Å². The van der Waals surface area contributed by atoms with Gasteiger partial charge in [0.05, 0.1) is 11.1 Å². The van der Waals surface area contributed by atoms with Crippen LogP contribution in [0.1, 0.15) is 29.6 Å². The molecule has 1 amide bonds. The topological polar surface area (TPSA) is 59.9 Å². The summed E-state index contributed by atoms with van der Waals surface area (Å²) in [6.07, 6.45) is 4.51. The number of likely N-dealkylation sites (tertiary alicyclic amines) is 1. The number of hydrogen-bond donors (Lipinski definition) is 1. The molecule has 4 rings (SSSR count). The second kappa shape index (κ2) is 9.20. The number of piperazine rings is 1. The molecule has 1 aromatic carbocycles.